The van der Waals surface area contributed by atoms with E-state index in [0.29, 0.717) is 49.5 Å². The molecule has 152 valence electrons. The van der Waals surface area contributed by atoms with E-state index < -0.39 is 10.0 Å². The van der Waals surface area contributed by atoms with Gasteiger partial charge in [-0.2, -0.15) is 4.31 Å². The minimum absolute atomic E-state index is 0.143. The molecule has 1 aromatic heterocycles. The molecule has 7 nitrogen and oxygen atoms in total. The minimum atomic E-state index is -3.62. The first-order valence-electron chi connectivity index (χ1n) is 8.99. The molecule has 0 aliphatic carbocycles. The molecular weight excluding hydrogens is 435 g/mol. The zero-order chi connectivity index (χ0) is 20.4. The summed E-state index contributed by atoms with van der Waals surface area (Å²) in [7, 11) is -3.62. The van der Waals surface area contributed by atoms with E-state index >= 15 is 0 Å². The fourth-order valence-corrected chi connectivity index (χ4v) is 4.93. The van der Waals surface area contributed by atoms with E-state index in [1.165, 1.54) is 22.5 Å². The normalized spacial score (nSPS) is 16.2. The van der Waals surface area contributed by atoms with Crippen LogP contribution in [0.4, 0.5) is 0 Å². The van der Waals surface area contributed by atoms with E-state index in [1.807, 2.05) is 30.3 Å². The number of halogens is 2. The summed E-state index contributed by atoms with van der Waals surface area (Å²) < 4.78 is 32.9. The summed E-state index contributed by atoms with van der Waals surface area (Å²) in [6, 6.07) is 13.9. The van der Waals surface area contributed by atoms with Gasteiger partial charge in [0.1, 0.15) is 0 Å². The van der Waals surface area contributed by atoms with Crippen LogP contribution in [0, 0.1) is 0 Å². The minimum Gasteiger partial charge on any atom is -0.419 e. The number of nitrogens with zero attached hydrogens (tertiary/aromatic N) is 4. The second kappa shape index (κ2) is 8.41. The van der Waals surface area contributed by atoms with Gasteiger partial charge in [-0.25, -0.2) is 8.42 Å². The smallest absolute Gasteiger partial charge is 0.247 e. The van der Waals surface area contributed by atoms with Crippen LogP contribution in [0.2, 0.25) is 10.0 Å². The van der Waals surface area contributed by atoms with Crippen LogP contribution in [0.5, 0.6) is 0 Å². The van der Waals surface area contributed by atoms with Crippen molar-refractivity contribution >= 4 is 33.2 Å². The van der Waals surface area contributed by atoms with Crippen molar-refractivity contribution in [3.8, 4) is 11.5 Å². The summed E-state index contributed by atoms with van der Waals surface area (Å²) in [6.07, 6.45) is 0. The highest BCUT2D eigenvalue weighted by Crippen LogP contribution is 2.27. The highest BCUT2D eigenvalue weighted by molar-refractivity contribution is 7.89. The average Bonchev–Trinajstić information content (AvgIpc) is 3.19. The van der Waals surface area contributed by atoms with Crippen molar-refractivity contribution in [1.82, 2.24) is 19.4 Å². The Morgan fingerprint density at radius 2 is 1.66 bits per heavy atom. The molecule has 2 heterocycles. The van der Waals surface area contributed by atoms with Gasteiger partial charge in [-0.3, -0.25) is 4.90 Å². The monoisotopic (exact) mass is 452 g/mol. The number of sulfonamides is 1. The molecule has 0 amide bonds. The molecule has 0 N–H and O–H groups in total. The van der Waals surface area contributed by atoms with E-state index in [0.717, 1.165) is 5.56 Å². The lowest BCUT2D eigenvalue weighted by molar-refractivity contribution is 0.168. The Balaban J connectivity index is 1.38. The zero-order valence-corrected chi connectivity index (χ0v) is 17.7. The van der Waals surface area contributed by atoms with E-state index in [2.05, 4.69) is 15.1 Å². The van der Waals surface area contributed by atoms with Crippen LogP contribution >= 0.6 is 23.2 Å². The highest BCUT2D eigenvalue weighted by Gasteiger charge is 2.29. The number of benzene rings is 2. The molecule has 3 aromatic rings. The molecule has 29 heavy (non-hydrogen) atoms. The lowest BCUT2D eigenvalue weighted by atomic mass is 10.2. The topological polar surface area (TPSA) is 79.5 Å². The van der Waals surface area contributed by atoms with Crippen molar-refractivity contribution in [2.75, 3.05) is 26.2 Å². The van der Waals surface area contributed by atoms with E-state index in [-0.39, 0.29) is 9.92 Å². The first-order chi connectivity index (χ1) is 13.9. The molecule has 1 saturated heterocycles. The molecule has 0 spiro atoms. The van der Waals surface area contributed by atoms with Gasteiger partial charge in [0.2, 0.25) is 21.8 Å². The second-order valence-corrected chi connectivity index (χ2v) is 9.38. The van der Waals surface area contributed by atoms with Gasteiger partial charge in [-0.1, -0.05) is 41.4 Å². The van der Waals surface area contributed by atoms with E-state index in [4.69, 9.17) is 27.6 Å². The summed E-state index contributed by atoms with van der Waals surface area (Å²) in [5.74, 6) is 0.978. The van der Waals surface area contributed by atoms with Crippen LogP contribution < -0.4 is 0 Å². The standard InChI is InChI=1S/C19H18Cl2N4O3S/c20-16-7-6-15(12-17(16)21)29(26,27)25-10-8-24(9-11-25)13-18-22-23-19(28-18)14-4-2-1-3-5-14/h1-7,12H,8-11,13H2. The van der Waals surface area contributed by atoms with Gasteiger partial charge in [0, 0.05) is 31.7 Å². The molecule has 2 aromatic carbocycles. The maximum atomic E-state index is 12.8. The van der Waals surface area contributed by atoms with Crippen LogP contribution in [-0.4, -0.2) is 54.0 Å². The molecule has 0 atom stereocenters. The molecule has 0 bridgehead atoms. The van der Waals surface area contributed by atoms with Crippen molar-refractivity contribution in [2.24, 2.45) is 0 Å². The van der Waals surface area contributed by atoms with Gasteiger partial charge in [0.25, 0.3) is 0 Å². The van der Waals surface area contributed by atoms with Crippen molar-refractivity contribution in [1.29, 1.82) is 0 Å². The lowest BCUT2D eigenvalue weighted by Crippen LogP contribution is -2.48. The molecule has 1 fully saturated rings. The first-order valence-corrected chi connectivity index (χ1v) is 11.2. The Hall–Kier alpha value is -1.97. The Morgan fingerprint density at radius 1 is 0.931 bits per heavy atom. The largest absolute Gasteiger partial charge is 0.419 e. The van der Waals surface area contributed by atoms with Crippen molar-refractivity contribution in [3.63, 3.8) is 0 Å². The fraction of sp³-hybridized carbons (Fsp3) is 0.263. The zero-order valence-electron chi connectivity index (χ0n) is 15.3. The summed E-state index contributed by atoms with van der Waals surface area (Å²) in [5, 5.41) is 8.73. The molecule has 0 unspecified atom stereocenters. The summed E-state index contributed by atoms with van der Waals surface area (Å²) >= 11 is 11.9. The SMILES string of the molecule is O=S(=O)(c1ccc(Cl)c(Cl)c1)N1CCN(Cc2nnc(-c3ccccc3)o2)CC1. The predicted octanol–water partition coefficient (Wildman–Crippen LogP) is 3.55. The number of hydrogen-bond acceptors (Lipinski definition) is 6. The van der Waals surface area contributed by atoms with Gasteiger partial charge in [-0.15, -0.1) is 10.2 Å². The molecule has 1 aliphatic rings. The quantitative estimate of drug-likeness (QED) is 0.588. The number of piperazine rings is 1. The third kappa shape index (κ3) is 4.46. The van der Waals surface area contributed by atoms with Crippen LogP contribution in [0.25, 0.3) is 11.5 Å². The Bertz CT molecular complexity index is 1100. The second-order valence-electron chi connectivity index (χ2n) is 6.62. The lowest BCUT2D eigenvalue weighted by Gasteiger charge is -2.33. The summed E-state index contributed by atoms with van der Waals surface area (Å²) in [5.41, 5.74) is 0.865. The molecule has 0 saturated carbocycles. The van der Waals surface area contributed by atoms with Crippen molar-refractivity contribution in [2.45, 2.75) is 11.4 Å². The van der Waals surface area contributed by atoms with Crippen LogP contribution in [0.3, 0.4) is 0 Å². The molecule has 4 rings (SSSR count). The maximum absolute atomic E-state index is 12.8. The van der Waals surface area contributed by atoms with Crippen molar-refractivity contribution in [3.05, 3.63) is 64.5 Å². The first kappa shape index (κ1) is 20.3. The van der Waals surface area contributed by atoms with Crippen LogP contribution in [-0.2, 0) is 16.6 Å². The van der Waals surface area contributed by atoms with Gasteiger partial charge >= 0.3 is 0 Å². The van der Waals surface area contributed by atoms with Crippen molar-refractivity contribution < 1.29 is 12.8 Å². The van der Waals surface area contributed by atoms with Gasteiger partial charge < -0.3 is 4.42 Å². The van der Waals surface area contributed by atoms with Gasteiger partial charge in [-0.05, 0) is 30.3 Å². The third-order valence-electron chi connectivity index (χ3n) is 4.71. The fourth-order valence-electron chi connectivity index (χ4n) is 3.12. The maximum Gasteiger partial charge on any atom is 0.247 e. The summed E-state index contributed by atoms with van der Waals surface area (Å²) in [4.78, 5) is 2.23. The molecule has 10 heteroatoms. The highest BCUT2D eigenvalue weighted by atomic mass is 35.5. The third-order valence-corrected chi connectivity index (χ3v) is 7.34. The Labute approximate surface area is 178 Å². The predicted molar refractivity (Wildman–Crippen MR) is 110 cm³/mol. The Morgan fingerprint density at radius 3 is 2.34 bits per heavy atom. The average molecular weight is 453 g/mol. The number of aromatic nitrogens is 2. The van der Waals surface area contributed by atoms with E-state index in [9.17, 15) is 8.42 Å². The van der Waals surface area contributed by atoms with Gasteiger partial charge in [0.05, 0.1) is 21.5 Å². The van der Waals surface area contributed by atoms with Crippen LogP contribution in [0.15, 0.2) is 57.8 Å². The van der Waals surface area contributed by atoms with E-state index in [1.54, 1.807) is 0 Å². The molecular formula is C19H18Cl2N4O3S. The van der Waals surface area contributed by atoms with Crippen LogP contribution in [0.1, 0.15) is 5.89 Å². The number of hydrogen-bond donors (Lipinski definition) is 0. The number of rotatable bonds is 5. The Kier molecular flexibility index (Phi) is 5.89. The summed E-state index contributed by atoms with van der Waals surface area (Å²) in [6.45, 7) is 2.32. The molecule has 0 radical (unpaired) electrons. The van der Waals surface area contributed by atoms with Gasteiger partial charge in [0.15, 0.2) is 0 Å². The molecule has 1 aliphatic heterocycles.